The molecule has 2 saturated heterocycles. The first-order chi connectivity index (χ1) is 25.2. The highest BCUT2D eigenvalue weighted by molar-refractivity contribution is 6.02. The zero-order chi connectivity index (χ0) is 38.2. The molecule has 2 fully saturated rings. The maximum Gasteiger partial charge on any atom is 0.339 e. The number of carboxylic acid groups (broad SMARTS) is 1. The maximum absolute atomic E-state index is 14.4. The zero-order valence-corrected chi connectivity index (χ0v) is 31.2. The van der Waals surface area contributed by atoms with Gasteiger partial charge in [0.2, 0.25) is 0 Å². The van der Waals surface area contributed by atoms with Crippen LogP contribution < -0.4 is 0 Å². The number of carbonyl (C=O) groups is 4. The second-order valence-corrected chi connectivity index (χ2v) is 15.2. The second-order valence-electron chi connectivity index (χ2n) is 15.2. The van der Waals surface area contributed by atoms with Gasteiger partial charge in [-0.25, -0.2) is 9.59 Å². The second kappa shape index (κ2) is 15.3. The number of ether oxygens (including phenoxy) is 5. The Morgan fingerprint density at radius 1 is 1.06 bits per heavy atom. The number of aromatic carboxylic acids is 1. The number of carbonyl (C=O) groups excluding carboxylic acids is 3. The van der Waals surface area contributed by atoms with E-state index in [1.165, 1.54) is 30.3 Å². The first-order valence-electron chi connectivity index (χ1n) is 18.6. The fourth-order valence-corrected chi connectivity index (χ4v) is 8.21. The number of esters is 2. The van der Waals surface area contributed by atoms with E-state index in [9.17, 15) is 29.4 Å². The van der Waals surface area contributed by atoms with Gasteiger partial charge in [0.1, 0.15) is 23.7 Å². The van der Waals surface area contributed by atoms with E-state index in [1.807, 2.05) is 12.2 Å². The molecule has 53 heavy (non-hydrogen) atoms. The van der Waals surface area contributed by atoms with Crippen LogP contribution in [0.25, 0.3) is 0 Å². The average molecular weight is 731 g/mol. The summed E-state index contributed by atoms with van der Waals surface area (Å²) in [6, 6.07) is 5.69. The Labute approximate surface area is 310 Å². The molecule has 1 aliphatic carbocycles. The molecule has 0 amide bonds. The van der Waals surface area contributed by atoms with E-state index in [1.54, 1.807) is 39.0 Å². The van der Waals surface area contributed by atoms with Crippen molar-refractivity contribution in [3.63, 3.8) is 0 Å². The Morgan fingerprint density at radius 3 is 2.51 bits per heavy atom. The summed E-state index contributed by atoms with van der Waals surface area (Å²) < 4.78 is 31.7. The Balaban J connectivity index is 1.39. The molecule has 2 bridgehead atoms. The number of hydrogen-bond acceptors (Lipinski definition) is 10. The van der Waals surface area contributed by atoms with Crippen LogP contribution in [-0.4, -0.2) is 82.4 Å². The summed E-state index contributed by atoms with van der Waals surface area (Å²) in [7, 11) is 0. The van der Waals surface area contributed by atoms with Gasteiger partial charge in [-0.3, -0.25) is 9.59 Å². The fraction of sp³-hybridized carbons (Fsp3) is 0.524. The highest BCUT2D eigenvalue weighted by Gasteiger charge is 2.61. The van der Waals surface area contributed by atoms with Gasteiger partial charge in [-0.2, -0.15) is 0 Å². The van der Waals surface area contributed by atoms with Gasteiger partial charge in [-0.15, -0.1) is 0 Å². The fourth-order valence-electron chi connectivity index (χ4n) is 8.21. The van der Waals surface area contributed by atoms with Gasteiger partial charge in [-0.1, -0.05) is 82.7 Å². The van der Waals surface area contributed by atoms with Gasteiger partial charge in [0.15, 0.2) is 17.7 Å². The van der Waals surface area contributed by atoms with E-state index in [0.717, 1.165) is 6.42 Å². The highest BCUT2D eigenvalue weighted by atomic mass is 16.7. The van der Waals surface area contributed by atoms with Crippen LogP contribution in [0.4, 0.5) is 0 Å². The van der Waals surface area contributed by atoms with E-state index in [2.05, 4.69) is 26.8 Å². The number of carboxylic acids is 1. The molecule has 0 radical (unpaired) electrons. The summed E-state index contributed by atoms with van der Waals surface area (Å²) in [5, 5.41) is 22.4. The van der Waals surface area contributed by atoms with Crippen LogP contribution in [0, 0.1) is 23.7 Å². The van der Waals surface area contributed by atoms with Crippen molar-refractivity contribution in [2.45, 2.75) is 109 Å². The number of hydrogen-bond donors (Lipinski definition) is 2. The number of benzene rings is 1. The Kier molecular flexibility index (Phi) is 11.1. The lowest BCUT2D eigenvalue weighted by Crippen LogP contribution is -2.59. The number of rotatable bonds is 5. The molecule has 11 heteroatoms. The molecule has 1 aromatic carbocycles. The minimum atomic E-state index is -2.01. The molecule has 0 unspecified atom stereocenters. The molecule has 5 aliphatic rings. The van der Waals surface area contributed by atoms with Crippen molar-refractivity contribution in [1.29, 1.82) is 0 Å². The van der Waals surface area contributed by atoms with E-state index in [-0.39, 0.29) is 47.9 Å². The molecule has 6 rings (SSSR count). The molecular formula is C42H50O11. The maximum atomic E-state index is 14.4. The van der Waals surface area contributed by atoms with Gasteiger partial charge in [-0.05, 0) is 61.1 Å². The lowest BCUT2D eigenvalue weighted by molar-refractivity contribution is -0.300. The molecule has 11 nitrogen and oxygen atoms in total. The van der Waals surface area contributed by atoms with Gasteiger partial charge < -0.3 is 33.9 Å². The largest absolute Gasteiger partial charge is 0.478 e. The third-order valence-electron chi connectivity index (χ3n) is 11.4. The van der Waals surface area contributed by atoms with Gasteiger partial charge in [0.25, 0.3) is 0 Å². The molecular weight excluding hydrogens is 680 g/mol. The normalized spacial score (nSPS) is 39.0. The van der Waals surface area contributed by atoms with Crippen LogP contribution in [0.1, 0.15) is 87.9 Å². The van der Waals surface area contributed by atoms with Crippen LogP contribution in [0.2, 0.25) is 0 Å². The van der Waals surface area contributed by atoms with Crippen molar-refractivity contribution < 1.29 is 53.1 Å². The van der Waals surface area contributed by atoms with Crippen LogP contribution in [0.3, 0.4) is 0 Å². The minimum Gasteiger partial charge on any atom is -0.478 e. The van der Waals surface area contributed by atoms with Crippen molar-refractivity contribution in [3.05, 3.63) is 94.6 Å². The topological polar surface area (TPSA) is 155 Å². The van der Waals surface area contributed by atoms with E-state index < -0.39 is 65.5 Å². The average Bonchev–Trinajstić information content (AvgIpc) is 3.47. The standard InChI is InChI=1S/C42H50O11/c1-7-23(2)35-26(5)17-18-41(53-35)21-30-20-29(52-41)16-15-25(4)34(43)24(3)11-10-12-28-22-49-37-36(27(6)19-33(40(47)50-30)42(28,37)48)51-39(46)32-14-9-8-13-31(32)38(44)45/h8-15,17-19,23-24,26,29-30,33,35-37,48H,7,16,20-22H2,1-6H3,(H,44,45)/b11-10+,25-15+,28-12+/t23-,24-,26-,29+,30-,33-,35+,36+,37+,41+,42+/m0/s1. The number of ketones is 1. The summed E-state index contributed by atoms with van der Waals surface area (Å²) in [5.41, 5.74) is -1.07. The van der Waals surface area contributed by atoms with Crippen molar-refractivity contribution in [1.82, 2.24) is 0 Å². The predicted octanol–water partition coefficient (Wildman–Crippen LogP) is 6.08. The number of fused-ring (bicyclic) bond motifs is 2. The summed E-state index contributed by atoms with van der Waals surface area (Å²) in [4.78, 5) is 53.1. The van der Waals surface area contributed by atoms with Crippen molar-refractivity contribution in [2.75, 3.05) is 6.61 Å². The molecule has 2 N–H and O–H groups in total. The molecule has 0 saturated carbocycles. The van der Waals surface area contributed by atoms with E-state index in [4.69, 9.17) is 23.7 Å². The van der Waals surface area contributed by atoms with Crippen LogP contribution in [0.15, 0.2) is 83.5 Å². The molecule has 284 valence electrons. The summed E-state index contributed by atoms with van der Waals surface area (Å²) >= 11 is 0. The summed E-state index contributed by atoms with van der Waals surface area (Å²) in [6.45, 7) is 11.5. The Morgan fingerprint density at radius 2 is 1.79 bits per heavy atom. The van der Waals surface area contributed by atoms with Crippen molar-refractivity contribution in [3.8, 4) is 0 Å². The van der Waals surface area contributed by atoms with Gasteiger partial charge in [0, 0.05) is 24.7 Å². The quantitative estimate of drug-likeness (QED) is 0.268. The molecule has 0 aromatic heterocycles. The highest BCUT2D eigenvalue weighted by Crippen LogP contribution is 2.48. The molecule has 1 spiro atoms. The summed E-state index contributed by atoms with van der Waals surface area (Å²) in [5.74, 6) is -5.48. The van der Waals surface area contributed by atoms with Crippen LogP contribution >= 0.6 is 0 Å². The Hall–Kier alpha value is -4.16. The molecule has 4 heterocycles. The van der Waals surface area contributed by atoms with Gasteiger partial charge in [0.05, 0.1) is 29.9 Å². The summed E-state index contributed by atoms with van der Waals surface area (Å²) in [6.07, 6.45) is 10.7. The lowest BCUT2D eigenvalue weighted by atomic mass is 9.70. The van der Waals surface area contributed by atoms with Crippen LogP contribution in [-0.2, 0) is 33.3 Å². The number of aliphatic hydroxyl groups is 1. The molecule has 1 aromatic rings. The first-order valence-corrected chi connectivity index (χ1v) is 18.6. The van der Waals surface area contributed by atoms with Crippen molar-refractivity contribution in [2.24, 2.45) is 23.7 Å². The van der Waals surface area contributed by atoms with E-state index in [0.29, 0.717) is 29.6 Å². The molecule has 11 atom stereocenters. The monoisotopic (exact) mass is 730 g/mol. The third kappa shape index (κ3) is 7.49. The third-order valence-corrected chi connectivity index (χ3v) is 11.4. The Bertz CT molecular complexity index is 1790. The van der Waals surface area contributed by atoms with Crippen molar-refractivity contribution >= 4 is 23.7 Å². The predicted molar refractivity (Wildman–Crippen MR) is 194 cm³/mol. The SMILES string of the molecule is CC[C@H](C)[C@H]1O[C@]2(C=C[C@@H]1C)C[C@@H]1C[C@@H](C/C=C(\C)C(=O)[C@@H](C)/C=C/C=C3\CO[C@@H]4[C@H](OC(=O)c5ccccc5C(=O)O)C(C)=C[C@@H](C(=O)O1)[C@]34O)O2. The number of allylic oxidation sites excluding steroid dienone is 4. The first kappa shape index (κ1) is 38.6. The zero-order valence-electron chi connectivity index (χ0n) is 31.2. The lowest BCUT2D eigenvalue weighted by Gasteiger charge is -2.48. The smallest absolute Gasteiger partial charge is 0.339 e. The van der Waals surface area contributed by atoms with Gasteiger partial charge >= 0.3 is 17.9 Å². The van der Waals surface area contributed by atoms with Crippen LogP contribution in [0.5, 0.6) is 0 Å². The minimum absolute atomic E-state index is 0.0679. The number of Topliss-reactive ketones (excluding diaryl/α,β-unsaturated/α-hetero) is 1. The molecule has 4 aliphatic heterocycles. The van der Waals surface area contributed by atoms with E-state index >= 15 is 0 Å².